The van der Waals surface area contributed by atoms with Gasteiger partial charge in [-0.05, 0) is 25.0 Å². The Balaban J connectivity index is 1.97. The van der Waals surface area contributed by atoms with Crippen molar-refractivity contribution in [3.05, 3.63) is 23.4 Å². The highest BCUT2D eigenvalue weighted by Gasteiger charge is 2.42. The van der Waals surface area contributed by atoms with Crippen molar-refractivity contribution in [2.45, 2.75) is 31.2 Å². The lowest BCUT2D eigenvalue weighted by molar-refractivity contribution is -0.147. The maximum Gasteiger partial charge on any atom is 0.329 e. The molecular formula is C14H18ClN3O3. The van der Waals surface area contributed by atoms with Crippen molar-refractivity contribution in [2.75, 3.05) is 18.5 Å². The molecule has 0 atom stereocenters. The summed E-state index contributed by atoms with van der Waals surface area (Å²) in [5.41, 5.74) is -1.11. The number of likely N-dealkylation sites (N-methyl/N-ethyl adjacent to an activating group) is 1. The van der Waals surface area contributed by atoms with E-state index in [0.717, 1.165) is 12.8 Å². The van der Waals surface area contributed by atoms with Gasteiger partial charge < -0.3 is 15.3 Å². The number of amides is 1. The van der Waals surface area contributed by atoms with E-state index in [2.05, 4.69) is 10.3 Å². The van der Waals surface area contributed by atoms with Gasteiger partial charge in [-0.15, -0.1) is 0 Å². The van der Waals surface area contributed by atoms with Crippen LogP contribution in [0.5, 0.6) is 0 Å². The van der Waals surface area contributed by atoms with Crippen molar-refractivity contribution >= 4 is 29.3 Å². The summed E-state index contributed by atoms with van der Waals surface area (Å²) in [5, 5.41) is 12.5. The van der Waals surface area contributed by atoms with E-state index < -0.39 is 11.5 Å². The Bertz CT molecular complexity index is 527. The Morgan fingerprint density at radius 1 is 1.43 bits per heavy atom. The topological polar surface area (TPSA) is 82.5 Å². The van der Waals surface area contributed by atoms with Gasteiger partial charge >= 0.3 is 5.97 Å². The van der Waals surface area contributed by atoms with Crippen LogP contribution in [0.1, 0.15) is 25.7 Å². The first-order valence-electron chi connectivity index (χ1n) is 6.80. The molecule has 1 saturated carbocycles. The molecule has 0 aromatic carbocycles. The van der Waals surface area contributed by atoms with Gasteiger partial charge in [0, 0.05) is 13.2 Å². The fourth-order valence-corrected chi connectivity index (χ4v) is 2.68. The highest BCUT2D eigenvalue weighted by atomic mass is 35.5. The fraction of sp³-hybridized carbons (Fsp3) is 0.500. The molecule has 7 heteroatoms. The first-order chi connectivity index (χ1) is 9.93. The zero-order valence-electron chi connectivity index (χ0n) is 11.8. The van der Waals surface area contributed by atoms with E-state index in [1.165, 1.54) is 6.20 Å². The maximum atomic E-state index is 12.1. The van der Waals surface area contributed by atoms with Crippen LogP contribution in [0.4, 0.5) is 5.82 Å². The number of halogens is 1. The van der Waals surface area contributed by atoms with E-state index in [0.29, 0.717) is 23.7 Å². The summed E-state index contributed by atoms with van der Waals surface area (Å²) in [7, 11) is 1.72. The van der Waals surface area contributed by atoms with Crippen LogP contribution in [0.25, 0.3) is 0 Å². The van der Waals surface area contributed by atoms with E-state index in [1.54, 1.807) is 24.1 Å². The molecule has 1 aromatic rings. The van der Waals surface area contributed by atoms with Gasteiger partial charge in [0.05, 0.1) is 11.6 Å². The van der Waals surface area contributed by atoms with Gasteiger partial charge in [0.15, 0.2) is 0 Å². The second-order valence-electron chi connectivity index (χ2n) is 5.33. The molecule has 1 fully saturated rings. The largest absolute Gasteiger partial charge is 0.480 e. The van der Waals surface area contributed by atoms with Crippen LogP contribution in [0.15, 0.2) is 18.3 Å². The molecule has 0 bridgehead atoms. The summed E-state index contributed by atoms with van der Waals surface area (Å²) in [6.07, 6.45) is 4.11. The van der Waals surface area contributed by atoms with Crippen LogP contribution >= 0.6 is 11.6 Å². The molecular weight excluding hydrogens is 294 g/mol. The average molecular weight is 312 g/mol. The minimum absolute atomic E-state index is 0.0453. The lowest BCUT2D eigenvalue weighted by atomic mass is 9.98. The summed E-state index contributed by atoms with van der Waals surface area (Å²) in [4.78, 5) is 29.2. The van der Waals surface area contributed by atoms with Crippen LogP contribution in [-0.2, 0) is 9.59 Å². The van der Waals surface area contributed by atoms with Crippen molar-refractivity contribution in [2.24, 2.45) is 0 Å². The van der Waals surface area contributed by atoms with Crippen molar-refractivity contribution in [3.8, 4) is 0 Å². The van der Waals surface area contributed by atoms with Crippen molar-refractivity contribution in [1.29, 1.82) is 0 Å². The Morgan fingerprint density at radius 3 is 2.62 bits per heavy atom. The normalized spacial score (nSPS) is 16.5. The zero-order valence-corrected chi connectivity index (χ0v) is 12.6. The number of nitrogens with one attached hydrogen (secondary N) is 1. The summed E-state index contributed by atoms with van der Waals surface area (Å²) in [5.74, 6) is -0.676. The van der Waals surface area contributed by atoms with E-state index in [4.69, 9.17) is 11.6 Å². The molecule has 1 aliphatic rings. The molecule has 114 valence electrons. The number of anilines is 1. The predicted octanol–water partition coefficient (Wildman–Crippen LogP) is 1.68. The number of carboxylic acid groups (broad SMARTS) is 1. The van der Waals surface area contributed by atoms with Gasteiger partial charge in [0.25, 0.3) is 0 Å². The molecule has 0 aliphatic heterocycles. The molecule has 1 aromatic heterocycles. The standard InChI is InChI=1S/C14H18ClN3O3/c1-18(11-5-4-10(15)8-16-11)9-12(19)17-14(13(20)21)6-2-3-7-14/h4-5,8H,2-3,6-7,9H2,1H3,(H,17,19)(H,20,21). The molecule has 1 aliphatic carbocycles. The van der Waals surface area contributed by atoms with Crippen LogP contribution < -0.4 is 10.2 Å². The van der Waals surface area contributed by atoms with Gasteiger partial charge in [0.2, 0.25) is 5.91 Å². The molecule has 0 spiro atoms. The van der Waals surface area contributed by atoms with Gasteiger partial charge in [0.1, 0.15) is 11.4 Å². The van der Waals surface area contributed by atoms with Crippen LogP contribution in [0, 0.1) is 0 Å². The zero-order chi connectivity index (χ0) is 15.5. The maximum absolute atomic E-state index is 12.1. The van der Waals surface area contributed by atoms with Crippen molar-refractivity contribution in [3.63, 3.8) is 0 Å². The number of pyridine rings is 1. The summed E-state index contributed by atoms with van der Waals surface area (Å²) >= 11 is 5.76. The smallest absolute Gasteiger partial charge is 0.329 e. The van der Waals surface area contributed by atoms with Gasteiger partial charge in [-0.1, -0.05) is 24.4 Å². The number of carbonyl (C=O) groups excluding carboxylic acids is 1. The quantitative estimate of drug-likeness (QED) is 0.864. The minimum Gasteiger partial charge on any atom is -0.480 e. The Kier molecular flexibility index (Phi) is 4.67. The molecule has 6 nitrogen and oxygen atoms in total. The van der Waals surface area contributed by atoms with E-state index in [9.17, 15) is 14.7 Å². The third kappa shape index (κ3) is 3.64. The second-order valence-corrected chi connectivity index (χ2v) is 5.77. The van der Waals surface area contributed by atoms with Crippen LogP contribution in [0.2, 0.25) is 5.02 Å². The number of aromatic nitrogens is 1. The van der Waals surface area contributed by atoms with Crippen LogP contribution in [-0.4, -0.2) is 41.1 Å². The average Bonchev–Trinajstić information content (AvgIpc) is 2.89. The Hall–Kier alpha value is -1.82. The van der Waals surface area contributed by atoms with Gasteiger partial charge in [-0.25, -0.2) is 9.78 Å². The number of aliphatic carboxylic acids is 1. The molecule has 0 unspecified atom stereocenters. The Morgan fingerprint density at radius 2 is 2.10 bits per heavy atom. The first-order valence-corrected chi connectivity index (χ1v) is 7.18. The van der Waals surface area contributed by atoms with E-state index in [1.807, 2.05) is 0 Å². The van der Waals surface area contributed by atoms with Crippen LogP contribution in [0.3, 0.4) is 0 Å². The van der Waals surface area contributed by atoms with Crippen molar-refractivity contribution in [1.82, 2.24) is 10.3 Å². The van der Waals surface area contributed by atoms with Crippen molar-refractivity contribution < 1.29 is 14.7 Å². The van der Waals surface area contributed by atoms with Gasteiger partial charge in [-0.2, -0.15) is 0 Å². The third-order valence-corrected chi connectivity index (χ3v) is 3.95. The fourth-order valence-electron chi connectivity index (χ4n) is 2.57. The lowest BCUT2D eigenvalue weighted by Gasteiger charge is -2.27. The lowest BCUT2D eigenvalue weighted by Crippen LogP contribution is -2.54. The summed E-state index contributed by atoms with van der Waals surface area (Å²) < 4.78 is 0. The molecule has 21 heavy (non-hydrogen) atoms. The molecule has 1 amide bonds. The molecule has 0 saturated heterocycles. The second kappa shape index (κ2) is 6.30. The monoisotopic (exact) mass is 311 g/mol. The molecule has 2 rings (SSSR count). The molecule has 1 heterocycles. The SMILES string of the molecule is CN(CC(=O)NC1(C(=O)O)CCCC1)c1ccc(Cl)cn1. The highest BCUT2D eigenvalue weighted by molar-refractivity contribution is 6.30. The number of nitrogens with zero attached hydrogens (tertiary/aromatic N) is 2. The number of hydrogen-bond donors (Lipinski definition) is 2. The molecule has 0 radical (unpaired) electrons. The van der Waals surface area contributed by atoms with E-state index in [-0.39, 0.29) is 12.5 Å². The molecule has 2 N–H and O–H groups in total. The number of hydrogen-bond acceptors (Lipinski definition) is 4. The number of carbonyl (C=O) groups is 2. The van der Waals surface area contributed by atoms with E-state index >= 15 is 0 Å². The van der Waals surface area contributed by atoms with Gasteiger partial charge in [-0.3, -0.25) is 4.79 Å². The highest BCUT2D eigenvalue weighted by Crippen LogP contribution is 2.29. The first kappa shape index (κ1) is 15.6. The third-order valence-electron chi connectivity index (χ3n) is 3.73. The number of rotatable bonds is 5. The Labute approximate surface area is 128 Å². The summed E-state index contributed by atoms with van der Waals surface area (Å²) in [6.45, 7) is 0.0453. The minimum atomic E-state index is -1.11. The summed E-state index contributed by atoms with van der Waals surface area (Å²) in [6, 6.07) is 3.39. The predicted molar refractivity (Wildman–Crippen MR) is 79.5 cm³/mol. The number of carboxylic acids is 1.